The van der Waals surface area contributed by atoms with E-state index in [1.807, 2.05) is 6.92 Å². The average molecular weight is 349 g/mol. The largest absolute Gasteiger partial charge is 0.494 e. The van der Waals surface area contributed by atoms with E-state index in [1.165, 1.54) is 0 Å². The van der Waals surface area contributed by atoms with Gasteiger partial charge in [-0.1, -0.05) is 0 Å². The van der Waals surface area contributed by atoms with Gasteiger partial charge in [-0.15, -0.1) is 0 Å². The summed E-state index contributed by atoms with van der Waals surface area (Å²) in [6.07, 6.45) is 0.887. The van der Waals surface area contributed by atoms with E-state index in [-0.39, 0.29) is 18.4 Å². The van der Waals surface area contributed by atoms with Crippen molar-refractivity contribution < 1.29 is 19.1 Å². The van der Waals surface area contributed by atoms with E-state index in [2.05, 4.69) is 15.5 Å². The maximum atomic E-state index is 12.0. The lowest BCUT2D eigenvalue weighted by atomic mass is 10.2. The van der Waals surface area contributed by atoms with Crippen LogP contribution in [0.4, 0.5) is 0 Å². The van der Waals surface area contributed by atoms with Gasteiger partial charge in [0, 0.05) is 25.2 Å². The Morgan fingerprint density at radius 1 is 1.16 bits per heavy atom. The number of nitrogens with zero attached hydrogens (tertiary/aromatic N) is 1. The SMILES string of the molecule is CCOc1ccc(C(=O)NCC(=O)NCCCN2CCOCC2)cc1. The van der Waals surface area contributed by atoms with Gasteiger partial charge in [-0.05, 0) is 44.2 Å². The van der Waals surface area contributed by atoms with Crippen LogP contribution < -0.4 is 15.4 Å². The lowest BCUT2D eigenvalue weighted by molar-refractivity contribution is -0.120. The molecule has 7 nitrogen and oxygen atoms in total. The van der Waals surface area contributed by atoms with Gasteiger partial charge in [-0.25, -0.2) is 0 Å². The predicted molar refractivity (Wildman–Crippen MR) is 94.8 cm³/mol. The normalized spacial score (nSPS) is 14.8. The van der Waals surface area contributed by atoms with E-state index in [9.17, 15) is 9.59 Å². The summed E-state index contributed by atoms with van der Waals surface area (Å²) in [5.41, 5.74) is 0.503. The van der Waals surface area contributed by atoms with Crippen molar-refractivity contribution in [1.82, 2.24) is 15.5 Å². The van der Waals surface area contributed by atoms with Crippen molar-refractivity contribution in [3.8, 4) is 5.75 Å². The van der Waals surface area contributed by atoms with Crippen molar-refractivity contribution in [3.63, 3.8) is 0 Å². The minimum Gasteiger partial charge on any atom is -0.494 e. The minimum atomic E-state index is -0.272. The number of rotatable bonds is 9. The van der Waals surface area contributed by atoms with Gasteiger partial charge in [0.25, 0.3) is 5.91 Å². The molecule has 0 radical (unpaired) electrons. The molecule has 1 saturated heterocycles. The van der Waals surface area contributed by atoms with Gasteiger partial charge in [-0.2, -0.15) is 0 Å². The maximum absolute atomic E-state index is 12.0. The highest BCUT2D eigenvalue weighted by atomic mass is 16.5. The summed E-state index contributed by atoms with van der Waals surface area (Å²) < 4.78 is 10.6. The fourth-order valence-electron chi connectivity index (χ4n) is 2.55. The number of ether oxygens (including phenoxy) is 2. The molecule has 2 N–H and O–H groups in total. The van der Waals surface area contributed by atoms with Crippen molar-refractivity contribution in [2.45, 2.75) is 13.3 Å². The first kappa shape index (κ1) is 19.2. The second-order valence-corrected chi connectivity index (χ2v) is 5.80. The van der Waals surface area contributed by atoms with Crippen LogP contribution >= 0.6 is 0 Å². The number of morpholine rings is 1. The lowest BCUT2D eigenvalue weighted by Gasteiger charge is -2.26. The fraction of sp³-hybridized carbons (Fsp3) is 0.556. The Hall–Kier alpha value is -2.12. The Kier molecular flexibility index (Phi) is 8.21. The first-order valence-electron chi connectivity index (χ1n) is 8.77. The third kappa shape index (κ3) is 7.11. The highest BCUT2D eigenvalue weighted by Gasteiger charge is 2.10. The topological polar surface area (TPSA) is 79.9 Å². The highest BCUT2D eigenvalue weighted by Crippen LogP contribution is 2.11. The van der Waals surface area contributed by atoms with Crippen LogP contribution in [0.3, 0.4) is 0 Å². The Balaban J connectivity index is 1.59. The number of hydrogen-bond acceptors (Lipinski definition) is 5. The third-order valence-electron chi connectivity index (χ3n) is 3.91. The van der Waals surface area contributed by atoms with Crippen LogP contribution in [0, 0.1) is 0 Å². The first-order valence-corrected chi connectivity index (χ1v) is 8.77. The molecule has 0 aromatic heterocycles. The van der Waals surface area contributed by atoms with Crippen LogP contribution in [-0.2, 0) is 9.53 Å². The number of carbonyl (C=O) groups excluding carboxylic acids is 2. The minimum absolute atomic E-state index is 0.0242. The maximum Gasteiger partial charge on any atom is 0.251 e. The standard InChI is InChI=1S/C18H27N3O4/c1-2-25-16-6-4-15(5-7-16)18(23)20-14-17(22)19-8-3-9-21-10-12-24-13-11-21/h4-7H,2-3,8-14H2,1H3,(H,19,22)(H,20,23). The third-order valence-corrected chi connectivity index (χ3v) is 3.91. The molecule has 1 aromatic carbocycles. The van der Waals surface area contributed by atoms with Crippen LogP contribution in [0.15, 0.2) is 24.3 Å². The summed E-state index contributed by atoms with van der Waals surface area (Å²) in [7, 11) is 0. The van der Waals surface area contributed by atoms with Gasteiger partial charge in [0.05, 0.1) is 26.4 Å². The van der Waals surface area contributed by atoms with Crippen LogP contribution in [0.1, 0.15) is 23.7 Å². The quantitative estimate of drug-likeness (QED) is 0.640. The van der Waals surface area contributed by atoms with Crippen LogP contribution in [-0.4, -0.2) is 69.3 Å². The molecule has 7 heteroatoms. The van der Waals surface area contributed by atoms with E-state index in [4.69, 9.17) is 9.47 Å². The molecule has 0 saturated carbocycles. The van der Waals surface area contributed by atoms with Crippen LogP contribution in [0.2, 0.25) is 0 Å². The van der Waals surface area contributed by atoms with Crippen molar-refractivity contribution in [1.29, 1.82) is 0 Å². The van der Waals surface area contributed by atoms with E-state index in [0.29, 0.717) is 18.7 Å². The fourth-order valence-corrected chi connectivity index (χ4v) is 2.55. The molecule has 1 aromatic rings. The smallest absolute Gasteiger partial charge is 0.251 e. The van der Waals surface area contributed by atoms with Crippen molar-refractivity contribution >= 4 is 11.8 Å². The predicted octanol–water partition coefficient (Wildman–Crippen LogP) is 0.654. The van der Waals surface area contributed by atoms with Crippen molar-refractivity contribution in [2.24, 2.45) is 0 Å². The highest BCUT2D eigenvalue weighted by molar-refractivity contribution is 5.96. The summed E-state index contributed by atoms with van der Waals surface area (Å²) >= 11 is 0. The second-order valence-electron chi connectivity index (χ2n) is 5.80. The molecular weight excluding hydrogens is 322 g/mol. The summed E-state index contributed by atoms with van der Waals surface area (Å²) in [6, 6.07) is 6.84. The molecule has 138 valence electrons. The molecule has 0 aliphatic carbocycles. The van der Waals surface area contributed by atoms with Gasteiger partial charge in [0.2, 0.25) is 5.91 Å². The number of carbonyl (C=O) groups is 2. The van der Waals surface area contributed by atoms with Gasteiger partial charge in [-0.3, -0.25) is 14.5 Å². The van der Waals surface area contributed by atoms with Crippen LogP contribution in [0.5, 0.6) is 5.75 Å². The molecule has 0 unspecified atom stereocenters. The number of nitrogens with one attached hydrogen (secondary N) is 2. The van der Waals surface area contributed by atoms with Crippen LogP contribution in [0.25, 0.3) is 0 Å². The molecule has 0 spiro atoms. The molecule has 1 fully saturated rings. The summed E-state index contributed by atoms with van der Waals surface area (Å²) in [6.45, 7) is 7.48. The molecule has 2 amide bonds. The van der Waals surface area contributed by atoms with Gasteiger partial charge < -0.3 is 20.1 Å². The summed E-state index contributed by atoms with van der Waals surface area (Å²) in [5.74, 6) is 0.268. The van der Waals surface area contributed by atoms with Gasteiger partial charge in [0.15, 0.2) is 0 Å². The van der Waals surface area contributed by atoms with E-state index < -0.39 is 0 Å². The molecule has 0 bridgehead atoms. The summed E-state index contributed by atoms with van der Waals surface area (Å²) in [5, 5.41) is 5.45. The Morgan fingerprint density at radius 2 is 1.88 bits per heavy atom. The van der Waals surface area contributed by atoms with Gasteiger partial charge >= 0.3 is 0 Å². The lowest BCUT2D eigenvalue weighted by Crippen LogP contribution is -2.40. The number of amides is 2. The van der Waals surface area contributed by atoms with Gasteiger partial charge in [0.1, 0.15) is 5.75 Å². The Labute approximate surface area is 148 Å². The zero-order valence-electron chi connectivity index (χ0n) is 14.8. The molecule has 2 rings (SSSR count). The number of benzene rings is 1. The Bertz CT molecular complexity index is 542. The van der Waals surface area contributed by atoms with E-state index >= 15 is 0 Å². The second kappa shape index (κ2) is 10.7. The first-order chi connectivity index (χ1) is 12.2. The Morgan fingerprint density at radius 3 is 2.56 bits per heavy atom. The van der Waals surface area contributed by atoms with E-state index in [1.54, 1.807) is 24.3 Å². The molecular formula is C18H27N3O4. The van der Waals surface area contributed by atoms with Crippen molar-refractivity contribution in [3.05, 3.63) is 29.8 Å². The van der Waals surface area contributed by atoms with E-state index in [0.717, 1.165) is 45.0 Å². The van der Waals surface area contributed by atoms with Crippen molar-refractivity contribution in [2.75, 3.05) is 52.5 Å². The molecule has 0 atom stereocenters. The molecule has 1 heterocycles. The zero-order valence-corrected chi connectivity index (χ0v) is 14.8. The molecule has 25 heavy (non-hydrogen) atoms. The summed E-state index contributed by atoms with van der Waals surface area (Å²) in [4.78, 5) is 26.1. The molecule has 1 aliphatic heterocycles. The monoisotopic (exact) mass is 349 g/mol. The average Bonchev–Trinajstić information content (AvgIpc) is 2.65. The molecule has 1 aliphatic rings. The number of hydrogen-bond donors (Lipinski definition) is 2. The zero-order chi connectivity index (χ0) is 17.9.